The summed E-state index contributed by atoms with van der Waals surface area (Å²) in [6.07, 6.45) is 0. The van der Waals surface area contributed by atoms with Gasteiger partial charge < -0.3 is 14.2 Å². The molecular weight excluding hydrogens is 286 g/mol. The van der Waals surface area contributed by atoms with Crippen LogP contribution in [0.1, 0.15) is 5.56 Å². The molecule has 0 N–H and O–H groups in total. The predicted molar refractivity (Wildman–Crippen MR) is 79.2 cm³/mol. The van der Waals surface area contributed by atoms with Crippen LogP contribution in [0.3, 0.4) is 0 Å². The standard InChI is InChI=1S/C16H15NO5/c1-20-12-6-8-13(9-7-12)21-10-16(11-22-16)14-4-2-3-5-15(14)17(18)19/h2-9H,10-11H2,1H3. The van der Waals surface area contributed by atoms with Crippen molar-refractivity contribution in [3.05, 3.63) is 64.2 Å². The zero-order valence-electron chi connectivity index (χ0n) is 12.0. The number of nitro groups is 1. The highest BCUT2D eigenvalue weighted by molar-refractivity contribution is 5.46. The van der Waals surface area contributed by atoms with Gasteiger partial charge in [0.15, 0.2) is 5.60 Å². The summed E-state index contributed by atoms with van der Waals surface area (Å²) in [6, 6.07) is 13.7. The van der Waals surface area contributed by atoms with Gasteiger partial charge in [0.1, 0.15) is 18.1 Å². The molecule has 1 unspecified atom stereocenters. The zero-order valence-corrected chi connectivity index (χ0v) is 12.0. The Morgan fingerprint density at radius 2 is 1.82 bits per heavy atom. The van der Waals surface area contributed by atoms with Gasteiger partial charge in [0, 0.05) is 6.07 Å². The molecule has 6 nitrogen and oxygen atoms in total. The number of hydrogen-bond acceptors (Lipinski definition) is 5. The molecule has 1 fully saturated rings. The Bertz CT molecular complexity index is 679. The third-order valence-electron chi connectivity index (χ3n) is 3.62. The van der Waals surface area contributed by atoms with Gasteiger partial charge in [0.2, 0.25) is 0 Å². The van der Waals surface area contributed by atoms with Crippen molar-refractivity contribution < 1.29 is 19.1 Å². The normalized spacial score (nSPS) is 19.5. The second kappa shape index (κ2) is 5.65. The van der Waals surface area contributed by atoms with Crippen LogP contribution in [0.2, 0.25) is 0 Å². The van der Waals surface area contributed by atoms with Crippen LogP contribution in [0, 0.1) is 10.1 Å². The third kappa shape index (κ3) is 2.73. The number of nitro benzene ring substituents is 1. The van der Waals surface area contributed by atoms with E-state index in [0.717, 1.165) is 5.75 Å². The van der Waals surface area contributed by atoms with Crippen LogP contribution < -0.4 is 9.47 Å². The van der Waals surface area contributed by atoms with Gasteiger partial charge in [-0.1, -0.05) is 12.1 Å². The molecule has 2 aromatic carbocycles. The molecule has 1 saturated heterocycles. The maximum atomic E-state index is 11.1. The fraction of sp³-hybridized carbons (Fsp3) is 0.250. The molecule has 0 amide bonds. The summed E-state index contributed by atoms with van der Waals surface area (Å²) in [5.74, 6) is 1.40. The van der Waals surface area contributed by atoms with Crippen molar-refractivity contribution >= 4 is 5.69 Å². The van der Waals surface area contributed by atoms with E-state index in [1.165, 1.54) is 6.07 Å². The first-order chi connectivity index (χ1) is 10.6. The molecule has 1 heterocycles. The molecule has 1 atom stereocenters. The number of para-hydroxylation sites is 1. The molecule has 0 bridgehead atoms. The Kier molecular flexibility index (Phi) is 3.68. The minimum absolute atomic E-state index is 0.0540. The van der Waals surface area contributed by atoms with Crippen molar-refractivity contribution in [3.8, 4) is 11.5 Å². The van der Waals surface area contributed by atoms with Gasteiger partial charge in [0.25, 0.3) is 5.69 Å². The molecule has 1 aliphatic rings. The number of ether oxygens (including phenoxy) is 3. The van der Waals surface area contributed by atoms with E-state index in [4.69, 9.17) is 14.2 Å². The fourth-order valence-electron chi connectivity index (χ4n) is 2.29. The van der Waals surface area contributed by atoms with Gasteiger partial charge in [-0.3, -0.25) is 10.1 Å². The maximum Gasteiger partial charge on any atom is 0.275 e. The topological polar surface area (TPSA) is 74.1 Å². The molecule has 6 heteroatoms. The van der Waals surface area contributed by atoms with Crippen LogP contribution in [0.5, 0.6) is 11.5 Å². The van der Waals surface area contributed by atoms with E-state index in [-0.39, 0.29) is 12.3 Å². The lowest BCUT2D eigenvalue weighted by Crippen LogP contribution is -2.20. The van der Waals surface area contributed by atoms with E-state index < -0.39 is 10.5 Å². The Morgan fingerprint density at radius 1 is 1.18 bits per heavy atom. The van der Waals surface area contributed by atoms with Gasteiger partial charge in [-0.05, 0) is 30.3 Å². The van der Waals surface area contributed by atoms with Crippen molar-refractivity contribution in [2.75, 3.05) is 20.3 Å². The Hall–Kier alpha value is -2.60. The van der Waals surface area contributed by atoms with Crippen LogP contribution in [-0.4, -0.2) is 25.2 Å². The van der Waals surface area contributed by atoms with Crippen molar-refractivity contribution in [1.29, 1.82) is 0 Å². The van der Waals surface area contributed by atoms with Crippen LogP contribution in [0.15, 0.2) is 48.5 Å². The van der Waals surface area contributed by atoms with Crippen molar-refractivity contribution in [1.82, 2.24) is 0 Å². The Morgan fingerprint density at radius 3 is 2.41 bits per heavy atom. The summed E-state index contributed by atoms with van der Waals surface area (Å²) < 4.78 is 16.3. The van der Waals surface area contributed by atoms with Crippen LogP contribution >= 0.6 is 0 Å². The van der Waals surface area contributed by atoms with Crippen LogP contribution in [0.4, 0.5) is 5.69 Å². The van der Waals surface area contributed by atoms with Crippen molar-refractivity contribution in [2.45, 2.75) is 5.60 Å². The van der Waals surface area contributed by atoms with Gasteiger partial charge in [0.05, 0.1) is 24.2 Å². The predicted octanol–water partition coefficient (Wildman–Crippen LogP) is 2.91. The summed E-state index contributed by atoms with van der Waals surface area (Å²) in [5, 5.41) is 11.1. The second-order valence-electron chi connectivity index (χ2n) is 5.02. The molecule has 22 heavy (non-hydrogen) atoms. The number of nitrogens with zero attached hydrogens (tertiary/aromatic N) is 1. The minimum atomic E-state index is -0.733. The summed E-state index contributed by atoms with van der Waals surface area (Å²) >= 11 is 0. The number of benzene rings is 2. The van der Waals surface area contributed by atoms with E-state index in [1.54, 1.807) is 49.6 Å². The van der Waals surface area contributed by atoms with Crippen molar-refractivity contribution in [2.24, 2.45) is 0 Å². The summed E-state index contributed by atoms with van der Waals surface area (Å²) in [7, 11) is 1.59. The molecule has 0 aliphatic carbocycles. The highest BCUT2D eigenvalue weighted by Gasteiger charge is 2.51. The minimum Gasteiger partial charge on any atom is -0.497 e. The highest BCUT2D eigenvalue weighted by Crippen LogP contribution is 2.43. The highest BCUT2D eigenvalue weighted by atomic mass is 16.6. The first kappa shape index (κ1) is 14.3. The van der Waals surface area contributed by atoms with E-state index >= 15 is 0 Å². The summed E-state index contributed by atoms with van der Waals surface area (Å²) in [6.45, 7) is 0.637. The van der Waals surface area contributed by atoms with Crippen LogP contribution in [-0.2, 0) is 10.3 Å². The van der Waals surface area contributed by atoms with Gasteiger partial charge >= 0.3 is 0 Å². The zero-order chi connectivity index (χ0) is 15.6. The van der Waals surface area contributed by atoms with Gasteiger partial charge in [-0.2, -0.15) is 0 Å². The maximum absolute atomic E-state index is 11.1. The lowest BCUT2D eigenvalue weighted by molar-refractivity contribution is -0.386. The molecule has 0 spiro atoms. The number of methoxy groups -OCH3 is 1. The molecule has 1 aliphatic heterocycles. The largest absolute Gasteiger partial charge is 0.497 e. The SMILES string of the molecule is COc1ccc(OCC2(c3ccccc3[N+](=O)[O-])CO2)cc1. The molecule has 0 aromatic heterocycles. The monoisotopic (exact) mass is 301 g/mol. The quantitative estimate of drug-likeness (QED) is 0.466. The smallest absolute Gasteiger partial charge is 0.275 e. The van der Waals surface area contributed by atoms with Crippen molar-refractivity contribution in [3.63, 3.8) is 0 Å². The number of epoxide rings is 1. The van der Waals surface area contributed by atoms with Crippen LogP contribution in [0.25, 0.3) is 0 Å². The first-order valence-electron chi connectivity index (χ1n) is 6.79. The molecule has 3 rings (SSSR count). The summed E-state index contributed by atoms with van der Waals surface area (Å²) in [5.41, 5.74) is -0.129. The second-order valence-corrected chi connectivity index (χ2v) is 5.02. The van der Waals surface area contributed by atoms with E-state index in [2.05, 4.69) is 0 Å². The van der Waals surface area contributed by atoms with E-state index in [9.17, 15) is 10.1 Å². The van der Waals surface area contributed by atoms with Gasteiger partial charge in [-0.25, -0.2) is 0 Å². The Labute approximate surface area is 127 Å². The first-order valence-corrected chi connectivity index (χ1v) is 6.79. The lowest BCUT2D eigenvalue weighted by Gasteiger charge is -2.14. The molecule has 0 saturated carbocycles. The number of hydrogen-bond donors (Lipinski definition) is 0. The average molecular weight is 301 g/mol. The van der Waals surface area contributed by atoms with Gasteiger partial charge in [-0.15, -0.1) is 0 Å². The van der Waals surface area contributed by atoms with E-state index in [1.807, 2.05) is 0 Å². The molecule has 114 valence electrons. The fourth-order valence-corrected chi connectivity index (χ4v) is 2.29. The summed E-state index contributed by atoms with van der Waals surface area (Å²) in [4.78, 5) is 10.7. The number of rotatable bonds is 6. The molecular formula is C16H15NO5. The third-order valence-corrected chi connectivity index (χ3v) is 3.62. The Balaban J connectivity index is 1.76. The molecule has 0 radical (unpaired) electrons. The average Bonchev–Trinajstić information content (AvgIpc) is 3.34. The molecule has 2 aromatic rings. The van der Waals surface area contributed by atoms with E-state index in [0.29, 0.717) is 17.9 Å². The lowest BCUT2D eigenvalue weighted by atomic mass is 9.99.